The minimum absolute atomic E-state index is 0.148. The summed E-state index contributed by atoms with van der Waals surface area (Å²) < 4.78 is 32.0. The molecule has 1 fully saturated rings. The Labute approximate surface area is 204 Å². The molecular weight excluding hydrogens is 470 g/mol. The van der Waals surface area contributed by atoms with E-state index in [1.54, 1.807) is 19.2 Å². The molecule has 1 saturated heterocycles. The molecular formula is C25H27N3O4S2. The monoisotopic (exact) mass is 497 g/mol. The lowest BCUT2D eigenvalue weighted by atomic mass is 9.98. The fourth-order valence-electron chi connectivity index (χ4n) is 3.83. The van der Waals surface area contributed by atoms with Crippen molar-refractivity contribution in [3.05, 3.63) is 84.1 Å². The maximum Gasteiger partial charge on any atom is 0.244 e. The normalized spacial score (nSPS) is 15.1. The molecule has 9 heteroatoms. The zero-order valence-electron chi connectivity index (χ0n) is 18.9. The molecule has 0 bridgehead atoms. The predicted molar refractivity (Wildman–Crippen MR) is 132 cm³/mol. The smallest absolute Gasteiger partial charge is 0.244 e. The largest absolute Gasteiger partial charge is 0.497 e. The topological polar surface area (TPSA) is 88.6 Å². The van der Waals surface area contributed by atoms with Crippen LogP contribution in [0, 0.1) is 0 Å². The summed E-state index contributed by atoms with van der Waals surface area (Å²) in [5, 5.41) is 3.69. The molecule has 2 heterocycles. The maximum absolute atomic E-state index is 12.8. The Morgan fingerprint density at radius 1 is 1.03 bits per heavy atom. The molecule has 1 aliphatic heterocycles. The molecule has 1 unspecified atom stereocenters. The van der Waals surface area contributed by atoms with E-state index in [4.69, 9.17) is 4.74 Å². The molecule has 34 heavy (non-hydrogen) atoms. The van der Waals surface area contributed by atoms with Gasteiger partial charge in [0, 0.05) is 19.3 Å². The third kappa shape index (κ3) is 5.78. The number of nitrogens with zero attached hydrogens (tertiary/aromatic N) is 2. The quantitative estimate of drug-likeness (QED) is 0.452. The minimum Gasteiger partial charge on any atom is -0.497 e. The Morgan fingerprint density at radius 3 is 2.32 bits per heavy atom. The molecule has 1 N–H and O–H groups in total. The van der Waals surface area contributed by atoms with Gasteiger partial charge in [-0.2, -0.15) is 4.31 Å². The van der Waals surface area contributed by atoms with Gasteiger partial charge in [0.25, 0.3) is 0 Å². The van der Waals surface area contributed by atoms with Crippen LogP contribution < -0.4 is 10.1 Å². The average molecular weight is 498 g/mol. The summed E-state index contributed by atoms with van der Waals surface area (Å²) in [5.74, 6) is 0.758. The highest BCUT2D eigenvalue weighted by molar-refractivity contribution is 7.99. The molecule has 0 saturated carbocycles. The summed E-state index contributed by atoms with van der Waals surface area (Å²) in [5.41, 5.74) is 1.92. The Balaban J connectivity index is 1.41. The molecule has 0 spiro atoms. The van der Waals surface area contributed by atoms with Crippen molar-refractivity contribution in [3.8, 4) is 5.75 Å². The van der Waals surface area contributed by atoms with Crippen LogP contribution in [0.15, 0.2) is 82.8 Å². The second kappa shape index (κ2) is 11.0. The number of hydrogen-bond donors (Lipinski definition) is 1. The van der Waals surface area contributed by atoms with Gasteiger partial charge < -0.3 is 10.1 Å². The number of sulfonamides is 1. The molecule has 1 aliphatic rings. The van der Waals surface area contributed by atoms with E-state index in [1.807, 2.05) is 54.6 Å². The van der Waals surface area contributed by atoms with Crippen molar-refractivity contribution in [1.82, 2.24) is 14.6 Å². The molecule has 1 amide bonds. The summed E-state index contributed by atoms with van der Waals surface area (Å²) in [4.78, 5) is 17.3. The van der Waals surface area contributed by atoms with Crippen LogP contribution >= 0.6 is 11.8 Å². The molecule has 4 rings (SSSR count). The Bertz CT molecular complexity index is 1200. The third-order valence-electron chi connectivity index (χ3n) is 5.65. The molecule has 0 aliphatic carbocycles. The molecule has 1 aromatic heterocycles. The van der Waals surface area contributed by atoms with E-state index in [2.05, 4.69) is 10.3 Å². The molecule has 7 nitrogen and oxygen atoms in total. The second-order valence-electron chi connectivity index (χ2n) is 7.92. The first-order chi connectivity index (χ1) is 16.5. The number of rotatable bonds is 9. The number of nitrogens with one attached hydrogen (secondary N) is 1. The lowest BCUT2D eigenvalue weighted by Crippen LogP contribution is -2.30. The van der Waals surface area contributed by atoms with Crippen molar-refractivity contribution < 1.29 is 17.9 Å². The second-order valence-corrected chi connectivity index (χ2v) is 10.8. The Morgan fingerprint density at radius 2 is 1.71 bits per heavy atom. The van der Waals surface area contributed by atoms with Gasteiger partial charge in [-0.15, -0.1) is 0 Å². The highest BCUT2D eigenvalue weighted by Crippen LogP contribution is 2.26. The Hall–Kier alpha value is -2.88. The molecule has 3 aromatic rings. The van der Waals surface area contributed by atoms with Crippen molar-refractivity contribution in [2.45, 2.75) is 28.8 Å². The molecule has 2 aromatic carbocycles. The van der Waals surface area contributed by atoms with Gasteiger partial charge in [-0.1, -0.05) is 54.2 Å². The van der Waals surface area contributed by atoms with Crippen LogP contribution in [0.1, 0.15) is 30.0 Å². The highest BCUT2D eigenvalue weighted by Gasteiger charge is 2.27. The number of ether oxygens (including phenoxy) is 1. The maximum atomic E-state index is 12.8. The standard InChI is InChI=1S/C25H27N3O4S2/c1-32-21-11-9-20(10-12-21)25(19-7-3-2-4-8-19)27-23(29)18-33-24-14-13-22(17-26-24)34(30,31)28-15-5-6-16-28/h2-4,7-14,17,25H,5-6,15-16,18H2,1H3,(H,27,29). The van der Waals surface area contributed by atoms with Crippen LogP contribution in [0.25, 0.3) is 0 Å². The van der Waals surface area contributed by atoms with Gasteiger partial charge in [0.2, 0.25) is 15.9 Å². The first-order valence-corrected chi connectivity index (χ1v) is 13.5. The number of carbonyl (C=O) groups excluding carboxylic acids is 1. The first kappa shape index (κ1) is 24.3. The van der Waals surface area contributed by atoms with E-state index >= 15 is 0 Å². The van der Waals surface area contributed by atoms with E-state index in [9.17, 15) is 13.2 Å². The van der Waals surface area contributed by atoms with Crippen LogP contribution in [0.4, 0.5) is 0 Å². The van der Waals surface area contributed by atoms with Crippen LogP contribution in [0.2, 0.25) is 0 Å². The fraction of sp³-hybridized carbons (Fsp3) is 0.280. The first-order valence-electron chi connectivity index (χ1n) is 11.0. The number of amides is 1. The third-order valence-corrected chi connectivity index (χ3v) is 8.48. The summed E-state index contributed by atoms with van der Waals surface area (Å²) in [7, 11) is -1.88. The lowest BCUT2D eigenvalue weighted by Gasteiger charge is -2.20. The lowest BCUT2D eigenvalue weighted by molar-refractivity contribution is -0.119. The Kier molecular flexibility index (Phi) is 7.87. The van der Waals surface area contributed by atoms with Crippen molar-refractivity contribution in [1.29, 1.82) is 0 Å². The molecule has 178 valence electrons. The van der Waals surface area contributed by atoms with Gasteiger partial charge in [-0.3, -0.25) is 4.79 Å². The van der Waals surface area contributed by atoms with Crippen molar-refractivity contribution in [2.75, 3.05) is 26.0 Å². The predicted octanol–water partition coefficient (Wildman–Crippen LogP) is 3.87. The van der Waals surface area contributed by atoms with Gasteiger partial charge in [-0.25, -0.2) is 13.4 Å². The summed E-state index contributed by atoms with van der Waals surface area (Å²) in [6.07, 6.45) is 3.14. The number of thioether (sulfide) groups is 1. The summed E-state index contributed by atoms with van der Waals surface area (Å²) in [6, 6.07) is 20.3. The average Bonchev–Trinajstić information content (AvgIpc) is 3.43. The molecule has 0 radical (unpaired) electrons. The SMILES string of the molecule is COc1ccc(C(NC(=O)CSc2ccc(S(=O)(=O)N3CCCC3)cn2)c2ccccc2)cc1. The minimum atomic E-state index is -3.50. The number of benzene rings is 2. The van der Waals surface area contributed by atoms with Crippen LogP contribution in [0.5, 0.6) is 5.75 Å². The van der Waals surface area contributed by atoms with Crippen LogP contribution in [0.3, 0.4) is 0 Å². The number of carbonyl (C=O) groups is 1. The molecule has 1 atom stereocenters. The van der Waals surface area contributed by atoms with E-state index in [0.29, 0.717) is 18.1 Å². The zero-order valence-corrected chi connectivity index (χ0v) is 20.5. The van der Waals surface area contributed by atoms with E-state index < -0.39 is 10.0 Å². The van der Waals surface area contributed by atoms with Crippen molar-refractivity contribution in [2.24, 2.45) is 0 Å². The van der Waals surface area contributed by atoms with E-state index in [1.165, 1.54) is 22.3 Å². The summed E-state index contributed by atoms with van der Waals surface area (Å²) in [6.45, 7) is 1.10. The van der Waals surface area contributed by atoms with Gasteiger partial charge >= 0.3 is 0 Å². The highest BCUT2D eigenvalue weighted by atomic mass is 32.2. The van der Waals surface area contributed by atoms with Gasteiger partial charge in [-0.05, 0) is 48.2 Å². The van der Waals surface area contributed by atoms with Gasteiger partial charge in [0.05, 0.1) is 23.9 Å². The van der Waals surface area contributed by atoms with Crippen LogP contribution in [-0.4, -0.2) is 49.6 Å². The van der Waals surface area contributed by atoms with Crippen LogP contribution in [-0.2, 0) is 14.8 Å². The summed E-state index contributed by atoms with van der Waals surface area (Å²) >= 11 is 1.27. The fourth-order valence-corrected chi connectivity index (χ4v) is 5.94. The van der Waals surface area contributed by atoms with Crippen molar-refractivity contribution in [3.63, 3.8) is 0 Å². The number of pyridine rings is 1. The number of hydrogen-bond acceptors (Lipinski definition) is 6. The zero-order chi connectivity index (χ0) is 24.0. The van der Waals surface area contributed by atoms with Gasteiger partial charge in [0.1, 0.15) is 10.6 Å². The van der Waals surface area contributed by atoms with E-state index in [-0.39, 0.29) is 22.6 Å². The van der Waals surface area contributed by atoms with Crippen molar-refractivity contribution >= 4 is 27.7 Å². The number of methoxy groups -OCH3 is 1. The van der Waals surface area contributed by atoms with Gasteiger partial charge in [0.15, 0.2) is 0 Å². The van der Waals surface area contributed by atoms with E-state index in [0.717, 1.165) is 29.7 Å². The number of aromatic nitrogens is 1.